The highest BCUT2D eigenvalue weighted by Gasteiger charge is 2.76. The lowest BCUT2D eigenvalue weighted by Crippen LogP contribution is -2.56. The molecule has 0 saturated carbocycles. The van der Waals surface area contributed by atoms with Gasteiger partial charge in [-0.1, -0.05) is 0 Å². The number of rotatable bonds is 4. The van der Waals surface area contributed by atoms with Crippen molar-refractivity contribution < 1.29 is 43.6 Å². The molecule has 6 aliphatic rings. The van der Waals surface area contributed by atoms with Gasteiger partial charge in [0.2, 0.25) is 11.6 Å². The minimum Gasteiger partial charge on any atom is -0.512 e. The van der Waals surface area contributed by atoms with E-state index in [1.807, 2.05) is 11.9 Å². The number of ether oxygens (including phenoxy) is 3. The molecule has 0 aromatic carbocycles. The van der Waals surface area contributed by atoms with Gasteiger partial charge in [0.1, 0.15) is 6.61 Å². The number of fused-ring (bicyclic) bond motifs is 4. The van der Waals surface area contributed by atoms with Crippen LogP contribution in [0.3, 0.4) is 0 Å². The minimum absolute atomic E-state index is 0.0103. The van der Waals surface area contributed by atoms with Crippen LogP contribution in [-0.4, -0.2) is 100 Å². The van der Waals surface area contributed by atoms with Crippen molar-refractivity contribution in [2.24, 2.45) is 17.6 Å². The number of amides is 1. The smallest absolute Gasteiger partial charge is 0.404 e. The lowest BCUT2D eigenvalue weighted by Gasteiger charge is -2.39. The third-order valence-corrected chi connectivity index (χ3v) is 8.45. The summed E-state index contributed by atoms with van der Waals surface area (Å²) < 4.78 is 16.6. The van der Waals surface area contributed by atoms with Crippen LogP contribution >= 0.6 is 0 Å². The SMILES string of the molecule is CN1[C@H]2[C@@H]1CN1C3=C(C(=O)C4(OCCO4)C(CC4=C(O)CCCC4=O)C3=O)[C@H](COC(N)=O)[C@@]21O. The first-order valence-electron chi connectivity index (χ1n) is 11.8. The van der Waals surface area contributed by atoms with Crippen LogP contribution in [0.4, 0.5) is 4.79 Å². The van der Waals surface area contributed by atoms with E-state index < -0.39 is 47.6 Å². The number of hydrogen-bond donors (Lipinski definition) is 3. The predicted octanol–water partition coefficient (Wildman–Crippen LogP) is -0.881. The van der Waals surface area contributed by atoms with Crippen molar-refractivity contribution in [3.8, 4) is 0 Å². The highest BCUT2D eigenvalue weighted by molar-refractivity contribution is 6.18. The molecule has 35 heavy (non-hydrogen) atoms. The van der Waals surface area contributed by atoms with Gasteiger partial charge in [-0.2, -0.15) is 0 Å². The largest absolute Gasteiger partial charge is 0.512 e. The maximum atomic E-state index is 14.1. The predicted molar refractivity (Wildman–Crippen MR) is 114 cm³/mol. The zero-order valence-electron chi connectivity index (χ0n) is 19.2. The fraction of sp³-hybridized carbons (Fsp3) is 0.652. The van der Waals surface area contributed by atoms with Gasteiger partial charge in [-0.15, -0.1) is 0 Å². The van der Waals surface area contributed by atoms with Crippen LogP contribution < -0.4 is 5.73 Å². The third-order valence-electron chi connectivity index (χ3n) is 8.45. The molecule has 12 heteroatoms. The third kappa shape index (κ3) is 2.82. The Morgan fingerprint density at radius 3 is 2.57 bits per heavy atom. The average molecular weight is 489 g/mol. The molecule has 0 bridgehead atoms. The number of carbonyl (C=O) groups is 4. The first-order chi connectivity index (χ1) is 16.6. The number of Topliss-reactive ketones (excluding diaryl/α,β-unsaturated/α-hetero) is 3. The van der Waals surface area contributed by atoms with Crippen molar-refractivity contribution in [2.75, 3.05) is 33.4 Å². The van der Waals surface area contributed by atoms with Gasteiger partial charge in [0, 0.05) is 36.6 Å². The number of hydrogen-bond acceptors (Lipinski definition) is 11. The molecule has 3 fully saturated rings. The summed E-state index contributed by atoms with van der Waals surface area (Å²) in [4.78, 5) is 55.6. The molecule has 1 amide bonds. The van der Waals surface area contributed by atoms with Crippen LogP contribution in [0.25, 0.3) is 0 Å². The summed E-state index contributed by atoms with van der Waals surface area (Å²) in [7, 11) is 1.83. The fourth-order valence-electron chi connectivity index (χ4n) is 6.78. The second kappa shape index (κ2) is 7.36. The summed E-state index contributed by atoms with van der Waals surface area (Å²) >= 11 is 0. The maximum absolute atomic E-state index is 14.1. The van der Waals surface area contributed by atoms with Crippen molar-refractivity contribution in [1.29, 1.82) is 0 Å². The number of nitrogens with two attached hydrogens (primary N) is 1. The molecule has 2 unspecified atom stereocenters. The fourth-order valence-corrected chi connectivity index (χ4v) is 6.78. The van der Waals surface area contributed by atoms with E-state index in [2.05, 4.69) is 0 Å². The van der Waals surface area contributed by atoms with Crippen LogP contribution in [0.15, 0.2) is 22.6 Å². The zero-order chi connectivity index (χ0) is 24.9. The maximum Gasteiger partial charge on any atom is 0.404 e. The molecule has 188 valence electrons. The normalized spacial score (nSPS) is 39.3. The summed E-state index contributed by atoms with van der Waals surface area (Å²) in [6, 6.07) is -0.408. The second-order valence-electron chi connectivity index (χ2n) is 10.0. The van der Waals surface area contributed by atoms with E-state index in [0.717, 1.165) is 0 Å². The van der Waals surface area contributed by atoms with Crippen LogP contribution in [0.1, 0.15) is 25.7 Å². The molecule has 4 N–H and O–H groups in total. The summed E-state index contributed by atoms with van der Waals surface area (Å²) in [5, 5.41) is 22.3. The van der Waals surface area contributed by atoms with E-state index in [4.69, 9.17) is 19.9 Å². The Hall–Kier alpha value is -2.80. The molecule has 0 aromatic rings. The van der Waals surface area contributed by atoms with Gasteiger partial charge in [0.25, 0.3) is 0 Å². The number of nitrogens with zero attached hydrogens (tertiary/aromatic N) is 2. The summed E-state index contributed by atoms with van der Waals surface area (Å²) in [6.45, 7) is 0.0152. The molecule has 6 atom stereocenters. The van der Waals surface area contributed by atoms with Gasteiger partial charge in [-0.05, 0) is 19.9 Å². The highest BCUT2D eigenvalue weighted by atomic mass is 16.7. The Morgan fingerprint density at radius 2 is 1.91 bits per heavy atom. The molecule has 2 aliphatic carbocycles. The average Bonchev–Trinajstić information content (AvgIpc) is 3.11. The Labute approximate surface area is 200 Å². The van der Waals surface area contributed by atoms with E-state index in [0.29, 0.717) is 19.4 Å². The van der Waals surface area contributed by atoms with Gasteiger partial charge >= 0.3 is 6.09 Å². The number of carbonyl (C=O) groups excluding carboxylic acids is 4. The minimum atomic E-state index is -1.99. The lowest BCUT2D eigenvalue weighted by atomic mass is 9.72. The van der Waals surface area contributed by atoms with Crippen LogP contribution in [0.5, 0.6) is 0 Å². The van der Waals surface area contributed by atoms with E-state index >= 15 is 0 Å². The van der Waals surface area contributed by atoms with Crippen LogP contribution in [0, 0.1) is 11.8 Å². The number of ketones is 3. The van der Waals surface area contributed by atoms with Crippen molar-refractivity contribution in [3.05, 3.63) is 22.6 Å². The molecular weight excluding hydrogens is 462 g/mol. The second-order valence-corrected chi connectivity index (χ2v) is 10.0. The number of aliphatic hydroxyl groups excluding tert-OH is 1. The van der Waals surface area contributed by atoms with Crippen molar-refractivity contribution in [3.63, 3.8) is 0 Å². The Kier molecular flexibility index (Phi) is 4.76. The number of primary amides is 1. The molecule has 6 rings (SSSR count). The summed E-state index contributed by atoms with van der Waals surface area (Å²) in [5.74, 6) is -5.77. The molecule has 3 saturated heterocycles. The van der Waals surface area contributed by atoms with Crippen molar-refractivity contribution in [1.82, 2.24) is 9.80 Å². The van der Waals surface area contributed by atoms with Gasteiger partial charge in [-0.3, -0.25) is 19.3 Å². The van der Waals surface area contributed by atoms with Gasteiger partial charge in [0.05, 0.1) is 42.5 Å². The highest BCUT2D eigenvalue weighted by Crippen LogP contribution is 2.59. The van der Waals surface area contributed by atoms with Gasteiger partial charge in [-0.25, -0.2) is 4.79 Å². The number of likely N-dealkylation sites (N-methyl/N-ethyl adjacent to an activating group) is 1. The zero-order valence-corrected chi connectivity index (χ0v) is 19.2. The van der Waals surface area contributed by atoms with E-state index in [9.17, 15) is 29.4 Å². The standard InChI is InChI=1S/C23H27N3O9/c1-25-13-8-26-17-16(12(9-33-21(24)31)22(26,32)19(13)25)20(30)23(34-5-6-35-23)11(18(17)29)7-10-14(27)3-2-4-15(10)28/h11-13,19,27,32H,2-9H2,1H3,(H2,24,31)/t11?,12-,13-,19-,22+,25?/m0/s1. The summed E-state index contributed by atoms with van der Waals surface area (Å²) in [5.41, 5.74) is 3.64. The Balaban J connectivity index is 1.46. The molecule has 4 aliphatic heterocycles. The molecule has 0 radical (unpaired) electrons. The number of aliphatic hydroxyl groups is 2. The first-order valence-corrected chi connectivity index (χ1v) is 11.8. The van der Waals surface area contributed by atoms with Gasteiger partial charge in [0.15, 0.2) is 17.3 Å². The number of allylic oxidation sites excluding steroid dienone is 3. The topological polar surface area (TPSA) is 169 Å². The van der Waals surface area contributed by atoms with Crippen LogP contribution in [-0.2, 0) is 28.6 Å². The van der Waals surface area contributed by atoms with Gasteiger partial charge < -0.3 is 35.1 Å². The number of piperazine rings is 1. The molecular formula is C23H27N3O9. The van der Waals surface area contributed by atoms with E-state index in [1.54, 1.807) is 0 Å². The van der Waals surface area contributed by atoms with E-state index in [1.165, 1.54) is 4.90 Å². The Morgan fingerprint density at radius 1 is 1.20 bits per heavy atom. The first kappa shape index (κ1) is 22.7. The monoisotopic (exact) mass is 489 g/mol. The Bertz CT molecular complexity index is 1120. The molecule has 0 aromatic heterocycles. The van der Waals surface area contributed by atoms with E-state index in [-0.39, 0.29) is 66.5 Å². The van der Waals surface area contributed by atoms with Crippen molar-refractivity contribution >= 4 is 23.4 Å². The van der Waals surface area contributed by atoms with Crippen molar-refractivity contribution in [2.45, 2.75) is 49.3 Å². The lowest BCUT2D eigenvalue weighted by molar-refractivity contribution is -0.200. The molecule has 12 nitrogen and oxygen atoms in total. The summed E-state index contributed by atoms with van der Waals surface area (Å²) in [6.07, 6.45) is -0.218. The molecule has 1 spiro atoms. The van der Waals surface area contributed by atoms with Crippen LogP contribution in [0.2, 0.25) is 0 Å². The quantitative estimate of drug-likeness (QED) is 0.419. The molecule has 4 heterocycles.